The van der Waals surface area contributed by atoms with E-state index in [9.17, 15) is 9.59 Å². The number of imidazole rings is 1. The lowest BCUT2D eigenvalue weighted by molar-refractivity contribution is -0.124. The summed E-state index contributed by atoms with van der Waals surface area (Å²) in [5.41, 5.74) is 2.39. The topological polar surface area (TPSA) is 67.2 Å². The monoisotopic (exact) mass is 300 g/mol. The normalized spacial score (nSPS) is 19.1. The molecule has 1 N–H and O–H groups in total. The summed E-state index contributed by atoms with van der Waals surface area (Å²) in [6.07, 6.45) is 0.773. The number of fused-ring (bicyclic) bond motifs is 1. The maximum atomic E-state index is 12.8. The maximum absolute atomic E-state index is 12.8. The molecular formula is C16H20N4O2. The average Bonchev–Trinajstić information content (AvgIpc) is 2.68. The van der Waals surface area contributed by atoms with Crippen LogP contribution >= 0.6 is 0 Å². The van der Waals surface area contributed by atoms with Crippen LogP contribution in [0.5, 0.6) is 0 Å². The summed E-state index contributed by atoms with van der Waals surface area (Å²) in [5.74, 6) is 0.704. The molecule has 1 aliphatic heterocycles. The molecule has 2 amide bonds. The molecule has 1 aromatic heterocycles. The van der Waals surface area contributed by atoms with E-state index in [0.717, 1.165) is 23.3 Å². The fraction of sp³-hybridized carbons (Fsp3) is 0.438. The quantitative estimate of drug-likeness (QED) is 0.861. The highest BCUT2D eigenvalue weighted by Crippen LogP contribution is 2.19. The number of benzene rings is 1. The van der Waals surface area contributed by atoms with Crippen LogP contribution in [0.4, 0.5) is 0 Å². The van der Waals surface area contributed by atoms with Crippen LogP contribution < -0.4 is 5.32 Å². The van der Waals surface area contributed by atoms with Gasteiger partial charge in [0.05, 0.1) is 11.0 Å². The molecule has 116 valence electrons. The summed E-state index contributed by atoms with van der Waals surface area (Å²) in [6.45, 7) is 4.90. The SMILES string of the molecule is Cc1nc2ccc(C(=O)N3CCCNC(=O)C3C)cc2n1C. The molecule has 0 radical (unpaired) electrons. The molecule has 1 saturated heterocycles. The van der Waals surface area contributed by atoms with E-state index in [1.165, 1.54) is 0 Å². The highest BCUT2D eigenvalue weighted by Gasteiger charge is 2.28. The van der Waals surface area contributed by atoms with Crippen LogP contribution in [-0.2, 0) is 11.8 Å². The predicted molar refractivity (Wildman–Crippen MR) is 83.6 cm³/mol. The molecule has 1 fully saturated rings. The maximum Gasteiger partial charge on any atom is 0.254 e. The summed E-state index contributed by atoms with van der Waals surface area (Å²) < 4.78 is 1.96. The second kappa shape index (κ2) is 5.44. The van der Waals surface area contributed by atoms with Crippen molar-refractivity contribution in [3.63, 3.8) is 0 Å². The number of carbonyl (C=O) groups is 2. The number of aryl methyl sites for hydroxylation is 2. The first-order valence-electron chi connectivity index (χ1n) is 7.51. The molecule has 22 heavy (non-hydrogen) atoms. The molecule has 6 heteroatoms. The largest absolute Gasteiger partial charge is 0.354 e. The molecular weight excluding hydrogens is 280 g/mol. The first-order valence-corrected chi connectivity index (χ1v) is 7.51. The molecule has 1 aliphatic rings. The Morgan fingerprint density at radius 3 is 2.95 bits per heavy atom. The van der Waals surface area contributed by atoms with Gasteiger partial charge in [-0.3, -0.25) is 9.59 Å². The van der Waals surface area contributed by atoms with Gasteiger partial charge in [-0.15, -0.1) is 0 Å². The van der Waals surface area contributed by atoms with Crippen molar-refractivity contribution in [3.05, 3.63) is 29.6 Å². The van der Waals surface area contributed by atoms with E-state index in [-0.39, 0.29) is 11.8 Å². The minimum atomic E-state index is -0.445. The van der Waals surface area contributed by atoms with Crippen LogP contribution in [0.1, 0.15) is 29.5 Å². The van der Waals surface area contributed by atoms with Crippen molar-refractivity contribution in [1.29, 1.82) is 0 Å². The lowest BCUT2D eigenvalue weighted by atomic mass is 10.1. The van der Waals surface area contributed by atoms with Gasteiger partial charge in [0.15, 0.2) is 0 Å². The van der Waals surface area contributed by atoms with E-state index in [1.807, 2.05) is 30.7 Å². The standard InChI is InChI=1S/C16H20N4O2/c1-10-15(21)17-7-4-8-20(10)16(22)12-5-6-13-14(9-12)19(3)11(2)18-13/h5-6,9-10H,4,7-8H2,1-3H3,(H,17,21). The molecule has 2 heterocycles. The fourth-order valence-corrected chi connectivity index (χ4v) is 2.83. The van der Waals surface area contributed by atoms with E-state index in [2.05, 4.69) is 10.3 Å². The first-order chi connectivity index (χ1) is 10.5. The van der Waals surface area contributed by atoms with Crippen molar-refractivity contribution in [2.45, 2.75) is 26.3 Å². The fourth-order valence-electron chi connectivity index (χ4n) is 2.83. The van der Waals surface area contributed by atoms with Crippen molar-refractivity contribution < 1.29 is 9.59 Å². The Hall–Kier alpha value is -2.37. The van der Waals surface area contributed by atoms with Gasteiger partial charge in [0.2, 0.25) is 5.91 Å². The third-order valence-electron chi connectivity index (χ3n) is 4.33. The summed E-state index contributed by atoms with van der Waals surface area (Å²) in [5, 5.41) is 2.83. The van der Waals surface area contributed by atoms with E-state index in [4.69, 9.17) is 0 Å². The number of hydrogen-bond acceptors (Lipinski definition) is 3. The van der Waals surface area contributed by atoms with E-state index < -0.39 is 6.04 Å². The second-order valence-corrected chi connectivity index (χ2v) is 5.74. The Morgan fingerprint density at radius 2 is 2.18 bits per heavy atom. The van der Waals surface area contributed by atoms with Gasteiger partial charge in [0, 0.05) is 25.7 Å². The molecule has 1 aromatic carbocycles. The van der Waals surface area contributed by atoms with E-state index >= 15 is 0 Å². The average molecular weight is 300 g/mol. The Bertz CT molecular complexity index is 750. The zero-order chi connectivity index (χ0) is 15.9. The van der Waals surface area contributed by atoms with Crippen molar-refractivity contribution in [3.8, 4) is 0 Å². The Morgan fingerprint density at radius 1 is 1.41 bits per heavy atom. The third kappa shape index (κ3) is 2.34. The summed E-state index contributed by atoms with van der Waals surface area (Å²) in [4.78, 5) is 30.8. The highest BCUT2D eigenvalue weighted by molar-refractivity contribution is 6.00. The Kier molecular flexibility index (Phi) is 3.60. The summed E-state index contributed by atoms with van der Waals surface area (Å²) in [7, 11) is 1.93. The van der Waals surface area contributed by atoms with Crippen molar-refractivity contribution in [2.75, 3.05) is 13.1 Å². The molecule has 1 atom stereocenters. The van der Waals surface area contributed by atoms with Crippen molar-refractivity contribution >= 4 is 22.8 Å². The van der Waals surface area contributed by atoms with Gasteiger partial charge in [-0.05, 0) is 38.5 Å². The molecule has 3 rings (SSSR count). The Labute approximate surface area is 129 Å². The number of nitrogens with zero attached hydrogens (tertiary/aromatic N) is 3. The molecule has 0 saturated carbocycles. The number of carbonyl (C=O) groups excluding carboxylic acids is 2. The van der Waals surface area contributed by atoms with Gasteiger partial charge in [-0.1, -0.05) is 0 Å². The molecule has 2 aromatic rings. The van der Waals surface area contributed by atoms with Gasteiger partial charge in [0.25, 0.3) is 5.91 Å². The number of hydrogen-bond donors (Lipinski definition) is 1. The number of amides is 2. The summed E-state index contributed by atoms with van der Waals surface area (Å²) >= 11 is 0. The molecule has 0 aliphatic carbocycles. The van der Waals surface area contributed by atoms with Crippen LogP contribution in [0, 0.1) is 6.92 Å². The van der Waals surface area contributed by atoms with Crippen molar-refractivity contribution in [1.82, 2.24) is 19.8 Å². The Balaban J connectivity index is 1.97. The van der Waals surface area contributed by atoms with Crippen LogP contribution in [-0.4, -0.2) is 45.4 Å². The lowest BCUT2D eigenvalue weighted by Crippen LogP contribution is -2.45. The summed E-state index contributed by atoms with van der Waals surface area (Å²) in [6, 6.07) is 5.05. The van der Waals surface area contributed by atoms with Gasteiger partial charge in [-0.25, -0.2) is 4.98 Å². The smallest absolute Gasteiger partial charge is 0.254 e. The van der Waals surface area contributed by atoms with Crippen LogP contribution in [0.15, 0.2) is 18.2 Å². The minimum absolute atomic E-state index is 0.0942. The zero-order valence-corrected chi connectivity index (χ0v) is 13.1. The van der Waals surface area contributed by atoms with Crippen LogP contribution in [0.25, 0.3) is 11.0 Å². The van der Waals surface area contributed by atoms with Gasteiger partial charge in [0.1, 0.15) is 11.9 Å². The van der Waals surface area contributed by atoms with Crippen LogP contribution in [0.3, 0.4) is 0 Å². The van der Waals surface area contributed by atoms with E-state index in [0.29, 0.717) is 18.7 Å². The highest BCUT2D eigenvalue weighted by atomic mass is 16.2. The minimum Gasteiger partial charge on any atom is -0.354 e. The van der Waals surface area contributed by atoms with Crippen molar-refractivity contribution in [2.24, 2.45) is 7.05 Å². The zero-order valence-electron chi connectivity index (χ0n) is 13.1. The van der Waals surface area contributed by atoms with Gasteiger partial charge >= 0.3 is 0 Å². The lowest BCUT2D eigenvalue weighted by Gasteiger charge is -2.25. The third-order valence-corrected chi connectivity index (χ3v) is 4.33. The van der Waals surface area contributed by atoms with E-state index in [1.54, 1.807) is 17.9 Å². The van der Waals surface area contributed by atoms with Crippen LogP contribution in [0.2, 0.25) is 0 Å². The first kappa shape index (κ1) is 14.6. The molecule has 6 nitrogen and oxygen atoms in total. The number of aromatic nitrogens is 2. The second-order valence-electron chi connectivity index (χ2n) is 5.74. The van der Waals surface area contributed by atoms with Gasteiger partial charge < -0.3 is 14.8 Å². The molecule has 1 unspecified atom stereocenters. The molecule has 0 bridgehead atoms. The molecule has 0 spiro atoms. The number of rotatable bonds is 1. The number of nitrogens with one attached hydrogen (secondary N) is 1. The predicted octanol–water partition coefficient (Wildman–Crippen LogP) is 1.23. The van der Waals surface area contributed by atoms with Gasteiger partial charge in [-0.2, -0.15) is 0 Å².